The van der Waals surface area contributed by atoms with Crippen LogP contribution in [-0.2, 0) is 14.3 Å². The van der Waals surface area contributed by atoms with E-state index in [0.29, 0.717) is 29.2 Å². The zero-order chi connectivity index (χ0) is 21.7. The van der Waals surface area contributed by atoms with Gasteiger partial charge in [-0.3, -0.25) is 0 Å². The predicted octanol–water partition coefficient (Wildman–Crippen LogP) is 4.65. The quantitative estimate of drug-likeness (QED) is 0.490. The van der Waals surface area contributed by atoms with Crippen molar-refractivity contribution in [2.45, 2.75) is 36.3 Å². The molecule has 3 aromatic rings. The standard InChI is InChI=1S/C19H20ClN3O2S2.CO2/c1-11(2)26-18-17(21-19(27-18)23-7-6-12(3)22-23)13-4-5-15(20)16(8-13)25-14-9-24-10-14;2-1-3/h4-8,11,14H,9-10H2,1-3H3;. The maximum atomic E-state index is 8.12. The molecular formula is C20H20ClN3O4S2. The van der Waals surface area contributed by atoms with E-state index < -0.39 is 0 Å². The molecule has 1 aliphatic heterocycles. The number of carbonyl (C=O) groups excluding carboxylic acids is 2. The molecule has 1 aromatic carbocycles. The molecule has 0 spiro atoms. The molecular weight excluding hydrogens is 446 g/mol. The second-order valence-electron chi connectivity index (χ2n) is 6.71. The minimum atomic E-state index is 0.0697. The van der Waals surface area contributed by atoms with Crippen LogP contribution in [0.5, 0.6) is 5.75 Å². The van der Waals surface area contributed by atoms with Gasteiger partial charge in [0, 0.05) is 17.0 Å². The van der Waals surface area contributed by atoms with E-state index in [-0.39, 0.29) is 12.3 Å². The van der Waals surface area contributed by atoms with Gasteiger partial charge in [0.2, 0.25) is 5.13 Å². The van der Waals surface area contributed by atoms with Gasteiger partial charge < -0.3 is 9.47 Å². The van der Waals surface area contributed by atoms with E-state index in [9.17, 15) is 0 Å². The first-order valence-corrected chi connectivity index (χ1v) is 11.2. The van der Waals surface area contributed by atoms with Crippen LogP contribution in [-0.4, -0.2) is 45.5 Å². The van der Waals surface area contributed by atoms with Crippen molar-refractivity contribution >= 4 is 40.9 Å². The van der Waals surface area contributed by atoms with Gasteiger partial charge in [0.25, 0.3) is 0 Å². The fourth-order valence-electron chi connectivity index (χ4n) is 2.59. The lowest BCUT2D eigenvalue weighted by atomic mass is 10.1. The number of thioether (sulfide) groups is 1. The number of halogens is 1. The molecule has 158 valence electrons. The van der Waals surface area contributed by atoms with E-state index in [1.54, 1.807) is 23.1 Å². The highest BCUT2D eigenvalue weighted by molar-refractivity contribution is 8.01. The third-order valence-electron chi connectivity index (χ3n) is 3.95. The molecule has 10 heteroatoms. The summed E-state index contributed by atoms with van der Waals surface area (Å²) in [6.45, 7) is 7.54. The molecule has 4 rings (SSSR count). The average molecular weight is 466 g/mol. The Labute approximate surface area is 187 Å². The fraction of sp³-hybridized carbons (Fsp3) is 0.350. The van der Waals surface area contributed by atoms with Crippen LogP contribution in [0.25, 0.3) is 16.4 Å². The Balaban J connectivity index is 0.000000806. The summed E-state index contributed by atoms with van der Waals surface area (Å²) in [5, 5.41) is 6.40. The lowest BCUT2D eigenvalue weighted by Crippen LogP contribution is -2.38. The molecule has 0 radical (unpaired) electrons. The third-order valence-corrected chi connectivity index (χ3v) is 6.52. The van der Waals surface area contributed by atoms with Crippen molar-refractivity contribution in [3.8, 4) is 22.1 Å². The Bertz CT molecular complexity index is 1040. The van der Waals surface area contributed by atoms with Crippen LogP contribution in [0.15, 0.2) is 34.7 Å². The van der Waals surface area contributed by atoms with Gasteiger partial charge in [0.1, 0.15) is 11.9 Å². The SMILES string of the molecule is Cc1ccn(-c2nc(-c3ccc(Cl)c(OC4COC4)c3)c(SC(C)C)s2)n1.O=C=O. The summed E-state index contributed by atoms with van der Waals surface area (Å²) in [6.07, 6.45) is 2.26. The highest BCUT2D eigenvalue weighted by Gasteiger charge is 2.23. The van der Waals surface area contributed by atoms with Crippen molar-refractivity contribution in [1.82, 2.24) is 14.8 Å². The molecule has 0 aliphatic carbocycles. The van der Waals surface area contributed by atoms with E-state index in [4.69, 9.17) is 35.6 Å². The zero-order valence-electron chi connectivity index (χ0n) is 16.6. The Hall–Kier alpha value is -2.16. The van der Waals surface area contributed by atoms with Crippen LogP contribution < -0.4 is 4.74 Å². The van der Waals surface area contributed by atoms with Crippen molar-refractivity contribution in [2.75, 3.05) is 13.2 Å². The van der Waals surface area contributed by atoms with Crippen molar-refractivity contribution in [2.24, 2.45) is 0 Å². The molecule has 0 unspecified atom stereocenters. The molecule has 30 heavy (non-hydrogen) atoms. The number of aromatic nitrogens is 3. The number of hydrogen-bond acceptors (Lipinski definition) is 8. The summed E-state index contributed by atoms with van der Waals surface area (Å²) in [5.74, 6) is 0.674. The Kier molecular flexibility index (Phi) is 7.69. The van der Waals surface area contributed by atoms with Crippen molar-refractivity contribution < 1.29 is 19.1 Å². The van der Waals surface area contributed by atoms with E-state index in [1.165, 1.54) is 0 Å². The number of nitrogens with zero attached hydrogens (tertiary/aromatic N) is 3. The van der Waals surface area contributed by atoms with Gasteiger partial charge in [-0.05, 0) is 25.1 Å². The first-order valence-electron chi connectivity index (χ1n) is 9.15. The van der Waals surface area contributed by atoms with Gasteiger partial charge in [-0.1, -0.05) is 42.9 Å². The molecule has 3 heterocycles. The monoisotopic (exact) mass is 465 g/mol. The first-order chi connectivity index (χ1) is 14.4. The Morgan fingerprint density at radius 3 is 2.63 bits per heavy atom. The maximum Gasteiger partial charge on any atom is 0.373 e. The number of benzene rings is 1. The molecule has 1 aliphatic rings. The Morgan fingerprint density at radius 1 is 1.33 bits per heavy atom. The molecule has 0 N–H and O–H groups in total. The average Bonchev–Trinajstić information content (AvgIpc) is 3.26. The van der Waals surface area contributed by atoms with Gasteiger partial charge >= 0.3 is 6.15 Å². The van der Waals surface area contributed by atoms with Crippen LogP contribution >= 0.6 is 34.7 Å². The minimum absolute atomic E-state index is 0.0697. The summed E-state index contributed by atoms with van der Waals surface area (Å²) in [4.78, 5) is 21.1. The molecule has 0 bridgehead atoms. The lowest BCUT2D eigenvalue weighted by molar-refractivity contribution is -0.191. The van der Waals surface area contributed by atoms with E-state index in [1.807, 2.05) is 42.1 Å². The lowest BCUT2D eigenvalue weighted by Gasteiger charge is -2.27. The largest absolute Gasteiger partial charge is 0.484 e. The van der Waals surface area contributed by atoms with Crippen LogP contribution in [0.4, 0.5) is 0 Å². The highest BCUT2D eigenvalue weighted by atomic mass is 35.5. The molecule has 1 saturated heterocycles. The second-order valence-corrected chi connectivity index (χ2v) is 9.94. The van der Waals surface area contributed by atoms with Gasteiger partial charge in [-0.2, -0.15) is 14.7 Å². The minimum Gasteiger partial charge on any atom is -0.484 e. The number of hydrogen-bond donors (Lipinski definition) is 0. The molecule has 0 saturated carbocycles. The molecule has 0 amide bonds. The van der Waals surface area contributed by atoms with Crippen LogP contribution in [0.1, 0.15) is 19.5 Å². The maximum absolute atomic E-state index is 8.12. The normalized spacial score (nSPS) is 13.4. The van der Waals surface area contributed by atoms with Crippen LogP contribution in [0.3, 0.4) is 0 Å². The summed E-state index contributed by atoms with van der Waals surface area (Å²) in [7, 11) is 0. The van der Waals surface area contributed by atoms with E-state index in [0.717, 1.165) is 26.3 Å². The van der Waals surface area contributed by atoms with Crippen LogP contribution in [0, 0.1) is 6.92 Å². The summed E-state index contributed by atoms with van der Waals surface area (Å²) >= 11 is 9.78. The smallest absolute Gasteiger partial charge is 0.373 e. The molecule has 1 fully saturated rings. The van der Waals surface area contributed by atoms with E-state index >= 15 is 0 Å². The number of rotatable bonds is 6. The topological polar surface area (TPSA) is 83.3 Å². The fourth-order valence-corrected chi connectivity index (χ4v) is 5.21. The summed E-state index contributed by atoms with van der Waals surface area (Å²) in [5.41, 5.74) is 2.90. The summed E-state index contributed by atoms with van der Waals surface area (Å²) < 4.78 is 14.1. The van der Waals surface area contributed by atoms with Gasteiger partial charge in [0.05, 0.1) is 33.8 Å². The third kappa shape index (κ3) is 5.50. The van der Waals surface area contributed by atoms with Gasteiger partial charge in [-0.15, -0.1) is 11.8 Å². The molecule has 2 aromatic heterocycles. The second kappa shape index (κ2) is 10.2. The van der Waals surface area contributed by atoms with Crippen molar-refractivity contribution in [3.05, 3.63) is 41.2 Å². The highest BCUT2D eigenvalue weighted by Crippen LogP contribution is 2.41. The van der Waals surface area contributed by atoms with Crippen molar-refractivity contribution in [3.63, 3.8) is 0 Å². The predicted molar refractivity (Wildman–Crippen MR) is 116 cm³/mol. The zero-order valence-corrected chi connectivity index (χ0v) is 19.0. The number of ether oxygens (including phenoxy) is 2. The summed E-state index contributed by atoms with van der Waals surface area (Å²) in [6, 6.07) is 7.81. The van der Waals surface area contributed by atoms with Gasteiger partial charge in [-0.25, -0.2) is 9.67 Å². The first kappa shape index (κ1) is 22.5. The number of aryl methyl sites for hydroxylation is 1. The number of thiazole rings is 1. The van der Waals surface area contributed by atoms with Crippen LogP contribution in [0.2, 0.25) is 5.02 Å². The molecule has 7 nitrogen and oxygen atoms in total. The van der Waals surface area contributed by atoms with E-state index in [2.05, 4.69) is 18.9 Å². The van der Waals surface area contributed by atoms with Gasteiger partial charge in [0.15, 0.2) is 0 Å². The van der Waals surface area contributed by atoms with Crippen molar-refractivity contribution in [1.29, 1.82) is 0 Å². The molecule has 0 atom stereocenters. The Morgan fingerprint density at radius 2 is 2.07 bits per heavy atom.